The van der Waals surface area contributed by atoms with E-state index in [0.717, 1.165) is 0 Å². The molecule has 1 aromatic carbocycles. The van der Waals surface area contributed by atoms with E-state index in [1.165, 1.54) is 35.0 Å². The maximum atomic E-state index is 13.3. The first-order valence-corrected chi connectivity index (χ1v) is 11.4. The third kappa shape index (κ3) is 8.96. The van der Waals surface area contributed by atoms with Crippen molar-refractivity contribution in [1.29, 1.82) is 0 Å². The molecule has 12 heteroatoms. The number of ether oxygens (including phenoxy) is 2. The summed E-state index contributed by atoms with van der Waals surface area (Å²) in [5.41, 5.74) is -1.21. The molecule has 32 heavy (non-hydrogen) atoms. The molecule has 0 spiro atoms. The van der Waals surface area contributed by atoms with Crippen molar-refractivity contribution < 1.29 is 42.6 Å². The average Bonchev–Trinajstić information content (AvgIpc) is 2.77. The molecular weight excluding hydrogens is 443 g/mol. The molecule has 0 radical (unpaired) electrons. The summed E-state index contributed by atoms with van der Waals surface area (Å²) in [5.74, 6) is -1.71. The number of carbonyl (C=O) groups excluding carboxylic acids is 3. The Bertz CT molecular complexity index is 817. The molecule has 1 rings (SSSR count). The summed E-state index contributed by atoms with van der Waals surface area (Å²) in [7, 11) is -1.71. The van der Waals surface area contributed by atoms with Gasteiger partial charge in [0.15, 0.2) is 0 Å². The van der Waals surface area contributed by atoms with Crippen molar-refractivity contribution in [2.45, 2.75) is 39.3 Å². The Kier molecular flexibility index (Phi) is 10.8. The summed E-state index contributed by atoms with van der Waals surface area (Å²) < 4.78 is 33.4. The quantitative estimate of drug-likeness (QED) is 0.283. The van der Waals surface area contributed by atoms with Crippen molar-refractivity contribution in [2.75, 3.05) is 27.4 Å². The number of carbonyl (C=O) groups is 3. The Labute approximate surface area is 187 Å². The molecule has 0 fully saturated rings. The minimum Gasteiger partial charge on any atom is -0.469 e. The number of rotatable bonds is 13. The number of nitrogens with one attached hydrogen (secondary N) is 2. The lowest BCUT2D eigenvalue weighted by Gasteiger charge is -2.31. The van der Waals surface area contributed by atoms with Crippen LogP contribution >= 0.6 is 7.75 Å². The van der Waals surface area contributed by atoms with Crippen molar-refractivity contribution in [1.82, 2.24) is 10.4 Å². The van der Waals surface area contributed by atoms with Crippen LogP contribution in [0.2, 0.25) is 0 Å². The van der Waals surface area contributed by atoms with Crippen LogP contribution in [-0.4, -0.2) is 62.5 Å². The van der Waals surface area contributed by atoms with Crippen LogP contribution in [0.3, 0.4) is 0 Å². The Balaban J connectivity index is 2.86. The molecule has 180 valence electrons. The molecule has 0 aliphatic heterocycles. The molecule has 0 heterocycles. The molecule has 3 N–H and O–H groups in total. The fourth-order valence-corrected chi connectivity index (χ4v) is 4.01. The normalized spacial score (nSPS) is 15.1. The monoisotopic (exact) mass is 474 g/mol. The lowest BCUT2D eigenvalue weighted by atomic mass is 9.87. The Morgan fingerprint density at radius 3 is 2.31 bits per heavy atom. The number of methoxy groups -OCH3 is 2. The van der Waals surface area contributed by atoms with E-state index in [4.69, 9.17) is 9.05 Å². The third-order valence-corrected chi connectivity index (χ3v) is 5.95. The van der Waals surface area contributed by atoms with Gasteiger partial charge in [-0.2, -0.15) is 5.09 Å². The van der Waals surface area contributed by atoms with Gasteiger partial charge in [0.25, 0.3) is 0 Å². The summed E-state index contributed by atoms with van der Waals surface area (Å²) in [6.07, 6.45) is -1.61. The molecule has 1 aromatic rings. The zero-order chi connectivity index (χ0) is 24.4. The van der Waals surface area contributed by atoms with Crippen molar-refractivity contribution in [3.8, 4) is 5.75 Å². The number of aliphatic hydroxyl groups excluding tert-OH is 1. The van der Waals surface area contributed by atoms with Crippen LogP contribution in [0.15, 0.2) is 30.3 Å². The summed E-state index contributed by atoms with van der Waals surface area (Å²) in [6, 6.07) is 7.14. The maximum Gasteiger partial charge on any atom is 0.459 e. The second-order valence-corrected chi connectivity index (χ2v) is 9.25. The lowest BCUT2D eigenvalue weighted by Crippen LogP contribution is -2.46. The van der Waals surface area contributed by atoms with E-state index in [2.05, 4.69) is 19.9 Å². The molecule has 0 aliphatic carbocycles. The maximum absolute atomic E-state index is 13.3. The minimum absolute atomic E-state index is 0.0205. The van der Waals surface area contributed by atoms with Crippen LogP contribution in [0.5, 0.6) is 5.75 Å². The van der Waals surface area contributed by atoms with E-state index in [9.17, 15) is 24.1 Å². The van der Waals surface area contributed by atoms with E-state index in [1.54, 1.807) is 30.3 Å². The zero-order valence-corrected chi connectivity index (χ0v) is 19.7. The highest BCUT2D eigenvalue weighted by atomic mass is 31.2. The highest BCUT2D eigenvalue weighted by molar-refractivity contribution is 7.52. The van der Waals surface area contributed by atoms with E-state index in [0.29, 0.717) is 0 Å². The van der Waals surface area contributed by atoms with Gasteiger partial charge in [0.1, 0.15) is 17.9 Å². The second-order valence-electron chi connectivity index (χ2n) is 7.56. The molecule has 0 aliphatic rings. The number of amides is 1. The lowest BCUT2D eigenvalue weighted by molar-refractivity contribution is -0.142. The summed E-state index contributed by atoms with van der Waals surface area (Å²) in [4.78, 5) is 35.1. The summed E-state index contributed by atoms with van der Waals surface area (Å²) in [5, 5.41) is 15.3. The van der Waals surface area contributed by atoms with Gasteiger partial charge >= 0.3 is 19.7 Å². The topological polar surface area (TPSA) is 149 Å². The van der Waals surface area contributed by atoms with Crippen LogP contribution < -0.4 is 14.9 Å². The fraction of sp³-hybridized carbons (Fsp3) is 0.550. The van der Waals surface area contributed by atoms with Crippen molar-refractivity contribution in [3.63, 3.8) is 0 Å². The Morgan fingerprint density at radius 1 is 1.12 bits per heavy atom. The van der Waals surface area contributed by atoms with E-state index >= 15 is 0 Å². The summed E-state index contributed by atoms with van der Waals surface area (Å²) >= 11 is 0. The molecule has 2 unspecified atom stereocenters. The van der Waals surface area contributed by atoms with E-state index in [1.807, 2.05) is 0 Å². The molecule has 1 amide bonds. The average molecular weight is 474 g/mol. The van der Waals surface area contributed by atoms with Gasteiger partial charge < -0.3 is 24.4 Å². The number of para-hydroxylation sites is 1. The van der Waals surface area contributed by atoms with E-state index < -0.39 is 43.2 Å². The van der Waals surface area contributed by atoms with Gasteiger partial charge in [0, 0.05) is 12.0 Å². The van der Waals surface area contributed by atoms with Gasteiger partial charge in [0.05, 0.1) is 27.2 Å². The number of hydrogen-bond donors (Lipinski definition) is 3. The molecule has 0 saturated heterocycles. The van der Waals surface area contributed by atoms with Crippen molar-refractivity contribution in [3.05, 3.63) is 30.3 Å². The Morgan fingerprint density at radius 2 is 1.75 bits per heavy atom. The first kappa shape index (κ1) is 27.6. The first-order chi connectivity index (χ1) is 14.9. The van der Waals surface area contributed by atoms with Crippen LogP contribution in [0.4, 0.5) is 0 Å². The smallest absolute Gasteiger partial charge is 0.459 e. The van der Waals surface area contributed by atoms with Gasteiger partial charge in [-0.25, -0.2) is 4.57 Å². The van der Waals surface area contributed by atoms with Gasteiger partial charge in [-0.3, -0.25) is 18.9 Å². The van der Waals surface area contributed by atoms with E-state index in [-0.39, 0.29) is 25.3 Å². The van der Waals surface area contributed by atoms with Crippen LogP contribution in [0.1, 0.15) is 27.2 Å². The SMILES string of the molecule is COC(=O)CCNC(=O)[C@H](O)C(C)(C)COP(=O)(NC(C)C(=O)OC)Oc1ccccc1. The third-order valence-electron chi connectivity index (χ3n) is 4.33. The minimum atomic E-state index is -4.12. The molecule has 0 bridgehead atoms. The van der Waals surface area contributed by atoms with Crippen LogP contribution in [-0.2, 0) is 32.9 Å². The highest BCUT2D eigenvalue weighted by Crippen LogP contribution is 2.46. The van der Waals surface area contributed by atoms with Gasteiger partial charge in [-0.05, 0) is 19.1 Å². The van der Waals surface area contributed by atoms with Crippen molar-refractivity contribution >= 4 is 25.6 Å². The van der Waals surface area contributed by atoms with Crippen LogP contribution in [0, 0.1) is 5.41 Å². The zero-order valence-electron chi connectivity index (χ0n) is 18.8. The highest BCUT2D eigenvalue weighted by Gasteiger charge is 2.39. The number of benzene rings is 1. The number of hydrogen-bond acceptors (Lipinski definition) is 9. The fourth-order valence-electron chi connectivity index (χ4n) is 2.35. The van der Waals surface area contributed by atoms with Crippen LogP contribution in [0.25, 0.3) is 0 Å². The van der Waals surface area contributed by atoms with Gasteiger partial charge in [-0.1, -0.05) is 32.0 Å². The van der Waals surface area contributed by atoms with Gasteiger partial charge in [0.2, 0.25) is 5.91 Å². The molecule has 0 saturated carbocycles. The summed E-state index contributed by atoms with van der Waals surface area (Å²) in [6.45, 7) is 4.07. The first-order valence-electron chi connectivity index (χ1n) is 9.81. The molecule has 0 aromatic heterocycles. The largest absolute Gasteiger partial charge is 0.469 e. The van der Waals surface area contributed by atoms with Gasteiger partial charge in [-0.15, -0.1) is 0 Å². The molecule has 11 nitrogen and oxygen atoms in total. The molecule has 3 atom stereocenters. The standard InChI is InChI=1S/C20H31N2O9P/c1-14(19(26)29-5)22-32(27,31-15-9-7-6-8-10-15)30-13-20(2,3)17(24)18(25)21-12-11-16(23)28-4/h6-10,14,17,24H,11-13H2,1-5H3,(H,21,25)(H,22,27)/t14?,17-,32?/m0/s1. The Hall–Kier alpha value is -2.46. The predicted octanol–water partition coefficient (Wildman–Crippen LogP) is 1.41. The molecular formula is C20H31N2O9P. The number of aliphatic hydroxyl groups is 1. The van der Waals surface area contributed by atoms with Crippen molar-refractivity contribution in [2.24, 2.45) is 5.41 Å². The number of esters is 2. The second kappa shape index (κ2) is 12.5. The predicted molar refractivity (Wildman–Crippen MR) is 115 cm³/mol.